The Morgan fingerprint density at radius 3 is 2.73 bits per heavy atom. The third-order valence-electron chi connectivity index (χ3n) is 6.21. The topological polar surface area (TPSA) is 47.4 Å². The zero-order valence-corrected chi connectivity index (χ0v) is 19.3. The van der Waals surface area contributed by atoms with Crippen molar-refractivity contribution in [2.75, 3.05) is 18.0 Å². The average molecular weight is 466 g/mol. The normalized spacial score (nSPS) is 20.0. The average Bonchev–Trinajstić information content (AvgIpc) is 3.21. The quantitative estimate of drug-likeness (QED) is 0.561. The number of benzene rings is 1. The Balaban J connectivity index is 1.42. The van der Waals surface area contributed by atoms with Crippen LogP contribution in [0.4, 0.5) is 10.1 Å². The minimum absolute atomic E-state index is 0.0530. The van der Waals surface area contributed by atoms with Gasteiger partial charge in [0.1, 0.15) is 5.82 Å². The van der Waals surface area contributed by atoms with Gasteiger partial charge in [-0.1, -0.05) is 29.8 Å². The highest BCUT2D eigenvalue weighted by Crippen LogP contribution is 2.34. The molecule has 0 unspecified atom stereocenters. The van der Waals surface area contributed by atoms with Crippen molar-refractivity contribution in [1.29, 1.82) is 0 Å². The summed E-state index contributed by atoms with van der Waals surface area (Å²) in [5.41, 5.74) is 5.15. The Hall–Kier alpha value is -2.96. The molecule has 1 aliphatic carbocycles. The summed E-state index contributed by atoms with van der Waals surface area (Å²) in [6.07, 6.45) is 6.81. The van der Waals surface area contributed by atoms with E-state index in [1.165, 1.54) is 10.6 Å². The smallest absolute Gasteiger partial charge is 0.251 e. The van der Waals surface area contributed by atoms with Crippen LogP contribution in [0, 0.1) is 5.82 Å². The minimum Gasteiger partial charge on any atom is -0.372 e. The van der Waals surface area contributed by atoms with Gasteiger partial charge in [-0.15, -0.1) is 0 Å². The summed E-state index contributed by atoms with van der Waals surface area (Å²) in [6, 6.07) is 10.5. The Kier molecular flexibility index (Phi) is 5.81. The summed E-state index contributed by atoms with van der Waals surface area (Å²) in [6.45, 7) is 5.93. The molecule has 7 heteroatoms. The Morgan fingerprint density at radius 1 is 1.18 bits per heavy atom. The number of fused-ring (bicyclic) bond motifs is 1. The van der Waals surface area contributed by atoms with E-state index in [1.54, 1.807) is 24.4 Å². The zero-order valence-electron chi connectivity index (χ0n) is 18.6. The molecule has 170 valence electrons. The molecule has 0 radical (unpaired) electrons. The fourth-order valence-electron chi connectivity index (χ4n) is 4.68. The number of pyridine rings is 2. The number of halogens is 2. The summed E-state index contributed by atoms with van der Waals surface area (Å²) in [5.74, 6) is -0.493. The number of anilines is 1. The van der Waals surface area contributed by atoms with E-state index in [9.17, 15) is 9.18 Å². The van der Waals surface area contributed by atoms with E-state index < -0.39 is 5.82 Å². The monoisotopic (exact) mass is 465 g/mol. The van der Waals surface area contributed by atoms with Crippen molar-refractivity contribution in [1.82, 2.24) is 9.55 Å². The summed E-state index contributed by atoms with van der Waals surface area (Å²) in [4.78, 5) is 19.8. The Bertz CT molecular complexity index is 1290. The molecule has 3 heterocycles. The molecule has 5 rings (SSSR count). The molecule has 1 saturated heterocycles. The number of morpholine rings is 1. The molecule has 2 atom stereocenters. The van der Waals surface area contributed by atoms with Crippen LogP contribution in [0.15, 0.2) is 59.7 Å². The van der Waals surface area contributed by atoms with Crippen molar-refractivity contribution < 1.29 is 9.13 Å². The van der Waals surface area contributed by atoms with E-state index in [1.807, 2.05) is 12.3 Å². The van der Waals surface area contributed by atoms with E-state index in [2.05, 4.69) is 30.9 Å². The summed E-state index contributed by atoms with van der Waals surface area (Å²) in [5, 5.41) is 0.0530. The van der Waals surface area contributed by atoms with Gasteiger partial charge in [0.2, 0.25) is 0 Å². The largest absolute Gasteiger partial charge is 0.372 e. The second-order valence-electron chi connectivity index (χ2n) is 8.77. The van der Waals surface area contributed by atoms with Gasteiger partial charge in [0.25, 0.3) is 5.56 Å². The van der Waals surface area contributed by atoms with Crippen molar-refractivity contribution in [2.24, 2.45) is 0 Å². The van der Waals surface area contributed by atoms with Gasteiger partial charge >= 0.3 is 0 Å². The maximum atomic E-state index is 14.3. The van der Waals surface area contributed by atoms with Gasteiger partial charge in [-0.05, 0) is 43.2 Å². The Labute approximate surface area is 197 Å². The fourth-order valence-corrected chi connectivity index (χ4v) is 4.88. The lowest BCUT2D eigenvalue weighted by Crippen LogP contribution is -2.45. The lowest BCUT2D eigenvalue weighted by Gasteiger charge is -2.36. The van der Waals surface area contributed by atoms with Crippen LogP contribution in [0.5, 0.6) is 0 Å². The molecule has 0 spiro atoms. The van der Waals surface area contributed by atoms with Gasteiger partial charge in [0.05, 0.1) is 41.4 Å². The van der Waals surface area contributed by atoms with Crippen molar-refractivity contribution in [2.45, 2.75) is 39.0 Å². The fraction of sp³-hybridized carbons (Fsp3) is 0.308. The first-order chi connectivity index (χ1) is 15.9. The van der Waals surface area contributed by atoms with Crippen LogP contribution in [0.2, 0.25) is 5.02 Å². The van der Waals surface area contributed by atoms with Crippen LogP contribution in [0.1, 0.15) is 36.2 Å². The predicted octanol–water partition coefficient (Wildman–Crippen LogP) is 4.69. The van der Waals surface area contributed by atoms with Crippen LogP contribution >= 0.6 is 11.6 Å². The SMILES string of the molecule is C[C@H]1CN(c2cnc3c(c2)C(c2ccn(Cc4cccc(Cl)c4F)c(=O)c2)=CC3)C[C@H](C)O1. The first-order valence-electron chi connectivity index (χ1n) is 11.1. The van der Waals surface area contributed by atoms with E-state index in [-0.39, 0.29) is 29.3 Å². The Morgan fingerprint density at radius 2 is 1.97 bits per heavy atom. The number of nitrogens with zero attached hydrogens (tertiary/aromatic N) is 3. The van der Waals surface area contributed by atoms with Crippen LogP contribution in [0.3, 0.4) is 0 Å². The standard InChI is InChI=1S/C26H25ClFN3O2/c1-16-13-31(14-17(2)33-16)20-11-22-21(6-7-24(22)29-12-20)18-8-9-30(25(32)10-18)15-19-4-3-5-23(27)26(19)28/h3-6,8-12,16-17H,7,13-15H2,1-2H3/t16-,17-/m0/s1. The van der Waals surface area contributed by atoms with Crippen LogP contribution in [-0.2, 0) is 17.7 Å². The molecule has 0 bridgehead atoms. The van der Waals surface area contributed by atoms with Crippen molar-refractivity contribution in [3.63, 3.8) is 0 Å². The highest BCUT2D eigenvalue weighted by molar-refractivity contribution is 6.30. The van der Waals surface area contributed by atoms with Crippen LogP contribution in [0.25, 0.3) is 5.57 Å². The van der Waals surface area contributed by atoms with Crippen LogP contribution in [-0.4, -0.2) is 34.8 Å². The van der Waals surface area contributed by atoms with Crippen molar-refractivity contribution >= 4 is 22.9 Å². The van der Waals surface area contributed by atoms with Gasteiger partial charge in [-0.3, -0.25) is 9.78 Å². The maximum absolute atomic E-state index is 14.3. The number of allylic oxidation sites excluding steroid dienone is 1. The maximum Gasteiger partial charge on any atom is 0.251 e. The van der Waals surface area contributed by atoms with Gasteiger partial charge < -0.3 is 14.2 Å². The second-order valence-corrected chi connectivity index (χ2v) is 9.17. The molecule has 2 aromatic heterocycles. The first-order valence-corrected chi connectivity index (χ1v) is 11.5. The molecule has 1 aromatic carbocycles. The van der Waals surface area contributed by atoms with E-state index in [4.69, 9.17) is 21.3 Å². The van der Waals surface area contributed by atoms with Gasteiger partial charge in [0, 0.05) is 42.9 Å². The summed E-state index contributed by atoms with van der Waals surface area (Å²) in [7, 11) is 0. The highest BCUT2D eigenvalue weighted by atomic mass is 35.5. The zero-order chi connectivity index (χ0) is 23.1. The number of hydrogen-bond acceptors (Lipinski definition) is 4. The minimum atomic E-state index is -0.493. The number of hydrogen-bond donors (Lipinski definition) is 0. The molecule has 0 N–H and O–H groups in total. The van der Waals surface area contributed by atoms with E-state index >= 15 is 0 Å². The molecule has 33 heavy (non-hydrogen) atoms. The molecule has 2 aliphatic rings. The highest BCUT2D eigenvalue weighted by Gasteiger charge is 2.25. The van der Waals surface area contributed by atoms with Crippen LogP contribution < -0.4 is 10.5 Å². The number of aromatic nitrogens is 2. The number of rotatable bonds is 4. The summed E-state index contributed by atoms with van der Waals surface area (Å²) >= 11 is 5.88. The van der Waals surface area contributed by atoms with Crippen molar-refractivity contribution in [3.8, 4) is 0 Å². The second kappa shape index (κ2) is 8.76. The molecular weight excluding hydrogens is 441 g/mol. The van der Waals surface area contributed by atoms with Gasteiger partial charge in [-0.2, -0.15) is 0 Å². The molecule has 3 aromatic rings. The molecule has 0 amide bonds. The predicted molar refractivity (Wildman–Crippen MR) is 128 cm³/mol. The lowest BCUT2D eigenvalue weighted by molar-refractivity contribution is -0.00523. The molecular formula is C26H25ClFN3O2. The van der Waals surface area contributed by atoms with Gasteiger partial charge in [0.15, 0.2) is 0 Å². The summed E-state index contributed by atoms with van der Waals surface area (Å²) < 4.78 is 21.6. The first kappa shape index (κ1) is 21.9. The molecule has 0 saturated carbocycles. The lowest BCUT2D eigenvalue weighted by atomic mass is 10.0. The third kappa shape index (κ3) is 4.33. The molecule has 1 fully saturated rings. The van der Waals surface area contributed by atoms with Gasteiger partial charge in [-0.25, -0.2) is 4.39 Å². The van der Waals surface area contributed by atoms with Crippen molar-refractivity contribution in [3.05, 3.63) is 98.4 Å². The third-order valence-corrected chi connectivity index (χ3v) is 6.50. The molecule has 5 nitrogen and oxygen atoms in total. The number of ether oxygens (including phenoxy) is 1. The van der Waals surface area contributed by atoms with E-state index in [0.29, 0.717) is 5.56 Å². The molecule has 1 aliphatic heterocycles. The van der Waals surface area contributed by atoms with E-state index in [0.717, 1.165) is 47.6 Å².